The van der Waals surface area contributed by atoms with E-state index >= 15 is 0 Å². The van der Waals surface area contributed by atoms with Crippen LogP contribution in [0.15, 0.2) is 18.3 Å². The van der Waals surface area contributed by atoms with Crippen molar-refractivity contribution >= 4 is 23.1 Å². The smallest absolute Gasteiger partial charge is 0.138 e. The van der Waals surface area contributed by atoms with Crippen molar-refractivity contribution in [1.82, 2.24) is 9.38 Å². The van der Waals surface area contributed by atoms with Gasteiger partial charge in [-0.25, -0.2) is 4.98 Å². The summed E-state index contributed by atoms with van der Waals surface area (Å²) in [6, 6.07) is 3.74. The van der Waals surface area contributed by atoms with Gasteiger partial charge in [-0.2, -0.15) is 0 Å². The number of aromatic nitrogens is 2. The third kappa shape index (κ3) is 1.30. The third-order valence-electron chi connectivity index (χ3n) is 3.14. The van der Waals surface area contributed by atoms with Crippen LogP contribution in [0.2, 0.25) is 5.02 Å². The summed E-state index contributed by atoms with van der Waals surface area (Å²) in [5.41, 5.74) is 7.99. The second kappa shape index (κ2) is 3.14. The molecule has 0 spiro atoms. The molecule has 1 saturated carbocycles. The van der Waals surface area contributed by atoms with Crippen LogP contribution in [0.5, 0.6) is 0 Å². The predicted octanol–water partition coefficient (Wildman–Crippen LogP) is 2.84. The Morgan fingerprint density at radius 2 is 2.20 bits per heavy atom. The van der Waals surface area contributed by atoms with Crippen LogP contribution in [-0.2, 0) is 0 Å². The number of rotatable bonds is 1. The van der Waals surface area contributed by atoms with Crippen molar-refractivity contribution in [2.75, 3.05) is 5.73 Å². The molecule has 2 heterocycles. The van der Waals surface area contributed by atoms with E-state index in [-0.39, 0.29) is 0 Å². The van der Waals surface area contributed by atoms with E-state index < -0.39 is 0 Å². The fourth-order valence-electron chi connectivity index (χ4n) is 2.04. The maximum atomic E-state index is 6.06. The molecule has 78 valence electrons. The van der Waals surface area contributed by atoms with Crippen LogP contribution in [0, 0.1) is 0 Å². The molecular weight excluding hydrogens is 210 g/mol. The van der Waals surface area contributed by atoms with Crippen molar-refractivity contribution in [3.05, 3.63) is 29.0 Å². The van der Waals surface area contributed by atoms with Gasteiger partial charge in [0.15, 0.2) is 0 Å². The van der Waals surface area contributed by atoms with Crippen molar-refractivity contribution in [2.45, 2.75) is 25.2 Å². The number of imidazole rings is 1. The van der Waals surface area contributed by atoms with Crippen LogP contribution in [0.3, 0.4) is 0 Å². The van der Waals surface area contributed by atoms with E-state index in [2.05, 4.69) is 4.98 Å². The number of fused-ring (bicyclic) bond motifs is 1. The molecule has 3 nitrogen and oxygen atoms in total. The zero-order valence-corrected chi connectivity index (χ0v) is 9.04. The van der Waals surface area contributed by atoms with Gasteiger partial charge in [-0.1, -0.05) is 18.0 Å². The van der Waals surface area contributed by atoms with Crippen LogP contribution >= 0.6 is 11.6 Å². The zero-order valence-electron chi connectivity index (χ0n) is 8.28. The maximum Gasteiger partial charge on any atom is 0.138 e. The van der Waals surface area contributed by atoms with Crippen LogP contribution in [0.25, 0.3) is 5.65 Å². The first-order chi connectivity index (χ1) is 7.25. The zero-order chi connectivity index (χ0) is 10.4. The minimum absolute atomic E-state index is 0.559. The summed E-state index contributed by atoms with van der Waals surface area (Å²) in [6.07, 6.45) is 5.53. The Labute approximate surface area is 92.9 Å². The molecular formula is C11H12ClN3. The lowest BCUT2D eigenvalue weighted by Gasteiger charge is -2.23. The Morgan fingerprint density at radius 1 is 1.40 bits per heavy atom. The highest BCUT2D eigenvalue weighted by atomic mass is 35.5. The summed E-state index contributed by atoms with van der Waals surface area (Å²) in [5.74, 6) is 1.31. The second-order valence-corrected chi connectivity index (χ2v) is 4.52. The first kappa shape index (κ1) is 9.04. The van der Waals surface area contributed by atoms with Gasteiger partial charge < -0.3 is 5.73 Å². The number of pyridine rings is 1. The standard InChI is InChI=1S/C11H12ClN3/c12-8-4-5-9-14-10(7-2-1-3-7)11(13)15(9)6-8/h4-7H,1-3,13H2. The van der Waals surface area contributed by atoms with Gasteiger partial charge in [-0.05, 0) is 25.0 Å². The van der Waals surface area contributed by atoms with Crippen LogP contribution < -0.4 is 5.73 Å². The Morgan fingerprint density at radius 3 is 2.87 bits per heavy atom. The molecule has 0 amide bonds. The molecule has 0 radical (unpaired) electrons. The monoisotopic (exact) mass is 221 g/mol. The van der Waals surface area contributed by atoms with Gasteiger partial charge in [0, 0.05) is 12.1 Å². The van der Waals surface area contributed by atoms with Crippen molar-refractivity contribution in [3.63, 3.8) is 0 Å². The van der Waals surface area contributed by atoms with Gasteiger partial charge in [0.05, 0.1) is 10.7 Å². The van der Waals surface area contributed by atoms with Gasteiger partial charge in [-0.3, -0.25) is 4.40 Å². The van der Waals surface area contributed by atoms with E-state index in [9.17, 15) is 0 Å². The van der Waals surface area contributed by atoms with E-state index in [1.807, 2.05) is 22.7 Å². The number of nitrogen functional groups attached to an aromatic ring is 1. The average molecular weight is 222 g/mol. The molecule has 0 bridgehead atoms. The Balaban J connectivity index is 2.19. The van der Waals surface area contributed by atoms with Crippen molar-refractivity contribution in [3.8, 4) is 0 Å². The molecule has 15 heavy (non-hydrogen) atoms. The number of hydrogen-bond acceptors (Lipinski definition) is 2. The molecule has 3 rings (SSSR count). The average Bonchev–Trinajstić information content (AvgIpc) is 2.43. The lowest BCUT2D eigenvalue weighted by atomic mass is 9.83. The highest BCUT2D eigenvalue weighted by Gasteiger charge is 2.25. The number of nitrogens with two attached hydrogens (primary N) is 1. The lowest BCUT2D eigenvalue weighted by molar-refractivity contribution is 0.414. The third-order valence-corrected chi connectivity index (χ3v) is 3.36. The fourth-order valence-corrected chi connectivity index (χ4v) is 2.20. The molecule has 0 atom stereocenters. The topological polar surface area (TPSA) is 43.3 Å². The summed E-state index contributed by atoms with van der Waals surface area (Å²) in [4.78, 5) is 4.55. The highest BCUT2D eigenvalue weighted by Crippen LogP contribution is 2.38. The molecule has 0 unspecified atom stereocenters. The number of halogens is 1. The molecule has 1 aliphatic carbocycles. The summed E-state index contributed by atoms with van der Waals surface area (Å²) in [7, 11) is 0. The molecule has 4 heteroatoms. The van der Waals surface area contributed by atoms with Crippen LogP contribution in [-0.4, -0.2) is 9.38 Å². The van der Waals surface area contributed by atoms with E-state index in [4.69, 9.17) is 17.3 Å². The van der Waals surface area contributed by atoms with E-state index in [1.54, 1.807) is 0 Å². The van der Waals surface area contributed by atoms with Crippen LogP contribution in [0.1, 0.15) is 30.9 Å². The lowest BCUT2D eigenvalue weighted by Crippen LogP contribution is -2.11. The molecule has 0 aromatic carbocycles. The minimum Gasteiger partial charge on any atom is -0.383 e. The fraction of sp³-hybridized carbons (Fsp3) is 0.364. The SMILES string of the molecule is Nc1c(C2CCC2)nc2ccc(Cl)cn12. The van der Waals surface area contributed by atoms with E-state index in [0.29, 0.717) is 10.9 Å². The first-order valence-electron chi connectivity index (χ1n) is 5.18. The first-order valence-corrected chi connectivity index (χ1v) is 5.56. The molecule has 0 saturated heterocycles. The highest BCUT2D eigenvalue weighted by molar-refractivity contribution is 6.30. The second-order valence-electron chi connectivity index (χ2n) is 4.09. The summed E-state index contributed by atoms with van der Waals surface area (Å²) in [5, 5.41) is 0.687. The minimum atomic E-state index is 0.559. The summed E-state index contributed by atoms with van der Waals surface area (Å²) in [6.45, 7) is 0. The van der Waals surface area contributed by atoms with Crippen LogP contribution in [0.4, 0.5) is 5.82 Å². The van der Waals surface area contributed by atoms with Crippen molar-refractivity contribution in [1.29, 1.82) is 0 Å². The molecule has 2 aromatic rings. The van der Waals surface area contributed by atoms with Gasteiger partial charge in [0.2, 0.25) is 0 Å². The molecule has 1 aliphatic rings. The Kier molecular flexibility index (Phi) is 1.89. The Hall–Kier alpha value is -1.22. The number of nitrogens with zero attached hydrogens (tertiary/aromatic N) is 2. The van der Waals surface area contributed by atoms with Gasteiger partial charge in [0.25, 0.3) is 0 Å². The number of anilines is 1. The van der Waals surface area contributed by atoms with Gasteiger partial charge in [0.1, 0.15) is 11.5 Å². The van der Waals surface area contributed by atoms with E-state index in [1.165, 1.54) is 19.3 Å². The summed E-state index contributed by atoms with van der Waals surface area (Å²) < 4.78 is 1.87. The normalized spacial score (nSPS) is 16.9. The maximum absolute atomic E-state index is 6.06. The van der Waals surface area contributed by atoms with Crippen molar-refractivity contribution < 1.29 is 0 Å². The van der Waals surface area contributed by atoms with E-state index in [0.717, 1.165) is 17.2 Å². The number of hydrogen-bond donors (Lipinski definition) is 1. The largest absolute Gasteiger partial charge is 0.383 e. The Bertz CT molecular complexity index is 514. The van der Waals surface area contributed by atoms with Crippen molar-refractivity contribution in [2.24, 2.45) is 0 Å². The van der Waals surface area contributed by atoms with Gasteiger partial charge >= 0.3 is 0 Å². The molecule has 0 aliphatic heterocycles. The molecule has 2 aromatic heterocycles. The molecule has 1 fully saturated rings. The predicted molar refractivity (Wildman–Crippen MR) is 61.2 cm³/mol. The quantitative estimate of drug-likeness (QED) is 0.805. The van der Waals surface area contributed by atoms with Gasteiger partial charge in [-0.15, -0.1) is 0 Å². The summed E-state index contributed by atoms with van der Waals surface area (Å²) >= 11 is 5.92. The molecule has 2 N–H and O–H groups in total.